The Morgan fingerprint density at radius 3 is 2.30 bits per heavy atom. The number of benzene rings is 4. The number of amides is 3. The largest absolute Gasteiger partial charge is 0.368 e. The number of rotatable bonds is 6. The van der Waals surface area contributed by atoms with Gasteiger partial charge >= 0.3 is 0 Å². The van der Waals surface area contributed by atoms with Gasteiger partial charge in [0, 0.05) is 17.1 Å². The summed E-state index contributed by atoms with van der Waals surface area (Å²) in [6.45, 7) is 3.83. The fourth-order valence-electron chi connectivity index (χ4n) is 5.40. The second kappa shape index (κ2) is 10.8. The normalized spacial score (nSPS) is 16.8. The van der Waals surface area contributed by atoms with Gasteiger partial charge in [-0.1, -0.05) is 60.1 Å². The van der Waals surface area contributed by atoms with Gasteiger partial charge in [0.05, 0.1) is 23.8 Å². The third-order valence-electron chi connectivity index (χ3n) is 8.05. The highest BCUT2D eigenvalue weighted by Gasteiger charge is 2.48. The summed E-state index contributed by atoms with van der Waals surface area (Å²) in [5.41, 5.74) is 8.04. The standard InChI is InChI=1S/C32H31ClN4O3/c1-20-12-13-21-8-4-5-9-24(21)25(20)18-36-27-10-6-7-11-28(27)37(29(38)22-14-16-23(33)17-15-22)19-26(30(36)39)32(2,35-3)31(34)40/h4-17,26,35H,18-19H2,1-3H3,(H2,34,40)/t26-,32?/m1/s1. The molecular weight excluding hydrogens is 524 g/mol. The lowest BCUT2D eigenvalue weighted by Gasteiger charge is -2.36. The summed E-state index contributed by atoms with van der Waals surface area (Å²) in [6, 6.07) is 26.1. The average molecular weight is 555 g/mol. The summed E-state index contributed by atoms with van der Waals surface area (Å²) in [4.78, 5) is 44.6. The first-order valence-electron chi connectivity index (χ1n) is 13.1. The van der Waals surface area contributed by atoms with Gasteiger partial charge < -0.3 is 20.9 Å². The number of carbonyl (C=O) groups excluding carboxylic acids is 3. The van der Waals surface area contributed by atoms with E-state index in [-0.39, 0.29) is 24.9 Å². The number of primary amides is 1. The molecular formula is C32H31ClN4O3. The highest BCUT2D eigenvalue weighted by molar-refractivity contribution is 6.30. The SMILES string of the molecule is CNC(C)(C(N)=O)[C@@H]1CN(C(=O)c2ccc(Cl)cc2)c2ccccc2N(Cc2c(C)ccc3ccccc23)C1=O. The van der Waals surface area contributed by atoms with E-state index in [9.17, 15) is 14.4 Å². The van der Waals surface area contributed by atoms with Crippen LogP contribution in [-0.2, 0) is 16.1 Å². The second-order valence-corrected chi connectivity index (χ2v) is 10.7. The second-order valence-electron chi connectivity index (χ2n) is 10.3. The van der Waals surface area contributed by atoms with Crippen molar-refractivity contribution in [3.63, 3.8) is 0 Å². The molecule has 0 saturated carbocycles. The zero-order chi connectivity index (χ0) is 28.6. The Bertz CT molecular complexity index is 1620. The van der Waals surface area contributed by atoms with Crippen LogP contribution in [0.5, 0.6) is 0 Å². The number of anilines is 2. The number of nitrogens with one attached hydrogen (secondary N) is 1. The Hall–Kier alpha value is -4.20. The van der Waals surface area contributed by atoms with E-state index in [0.29, 0.717) is 22.0 Å². The monoisotopic (exact) mass is 554 g/mol. The number of aryl methyl sites for hydroxylation is 1. The van der Waals surface area contributed by atoms with E-state index in [2.05, 4.69) is 11.4 Å². The molecule has 3 N–H and O–H groups in total. The Morgan fingerprint density at radius 1 is 0.975 bits per heavy atom. The first kappa shape index (κ1) is 27.4. The summed E-state index contributed by atoms with van der Waals surface area (Å²) >= 11 is 6.08. The fraction of sp³-hybridized carbons (Fsp3) is 0.219. The minimum Gasteiger partial charge on any atom is -0.368 e. The summed E-state index contributed by atoms with van der Waals surface area (Å²) in [5.74, 6) is -2.27. The first-order chi connectivity index (χ1) is 19.2. The lowest BCUT2D eigenvalue weighted by atomic mass is 9.83. The van der Waals surface area contributed by atoms with Crippen LogP contribution in [0.25, 0.3) is 10.8 Å². The van der Waals surface area contributed by atoms with Crippen molar-refractivity contribution in [3.05, 3.63) is 107 Å². The van der Waals surface area contributed by atoms with Gasteiger partial charge in [-0.25, -0.2) is 0 Å². The molecule has 204 valence electrons. The van der Waals surface area contributed by atoms with E-state index in [0.717, 1.165) is 21.9 Å². The highest BCUT2D eigenvalue weighted by atomic mass is 35.5. The molecule has 0 bridgehead atoms. The molecule has 0 fully saturated rings. The van der Waals surface area contributed by atoms with Crippen molar-refractivity contribution in [1.82, 2.24) is 5.32 Å². The van der Waals surface area contributed by atoms with Gasteiger partial charge in [-0.05, 0) is 79.2 Å². The van der Waals surface area contributed by atoms with E-state index < -0.39 is 17.4 Å². The molecule has 8 heteroatoms. The minimum atomic E-state index is -1.43. The molecule has 0 aliphatic carbocycles. The molecule has 2 atom stereocenters. The molecule has 1 heterocycles. The van der Waals surface area contributed by atoms with Crippen molar-refractivity contribution in [2.45, 2.75) is 25.9 Å². The lowest BCUT2D eigenvalue weighted by Crippen LogP contribution is -2.63. The van der Waals surface area contributed by atoms with Crippen molar-refractivity contribution in [2.24, 2.45) is 11.7 Å². The number of hydrogen-bond donors (Lipinski definition) is 2. The predicted molar refractivity (Wildman–Crippen MR) is 160 cm³/mol. The van der Waals surface area contributed by atoms with Crippen molar-refractivity contribution in [1.29, 1.82) is 0 Å². The predicted octanol–water partition coefficient (Wildman–Crippen LogP) is 5.07. The number of para-hydroxylation sites is 2. The molecule has 4 aromatic carbocycles. The smallest absolute Gasteiger partial charge is 0.258 e. The summed E-state index contributed by atoms with van der Waals surface area (Å²) in [5, 5.41) is 5.59. The average Bonchev–Trinajstić information content (AvgIpc) is 3.08. The molecule has 0 aromatic heterocycles. The molecule has 40 heavy (non-hydrogen) atoms. The lowest BCUT2D eigenvalue weighted by molar-refractivity contribution is -0.133. The summed E-state index contributed by atoms with van der Waals surface area (Å²) in [6.07, 6.45) is 0. The Kier molecular flexibility index (Phi) is 7.36. The maximum Gasteiger partial charge on any atom is 0.258 e. The van der Waals surface area contributed by atoms with Crippen LogP contribution in [0.15, 0.2) is 84.9 Å². The van der Waals surface area contributed by atoms with Gasteiger partial charge in [-0.15, -0.1) is 0 Å². The molecule has 5 rings (SSSR count). The van der Waals surface area contributed by atoms with Crippen molar-refractivity contribution < 1.29 is 14.4 Å². The third-order valence-corrected chi connectivity index (χ3v) is 8.30. The van der Waals surface area contributed by atoms with E-state index in [1.807, 2.05) is 61.5 Å². The number of nitrogens with zero attached hydrogens (tertiary/aromatic N) is 2. The molecule has 0 saturated heterocycles. The van der Waals surface area contributed by atoms with Crippen LogP contribution in [0.1, 0.15) is 28.4 Å². The van der Waals surface area contributed by atoms with Crippen LogP contribution in [0.3, 0.4) is 0 Å². The fourth-order valence-corrected chi connectivity index (χ4v) is 5.53. The Morgan fingerprint density at radius 2 is 1.62 bits per heavy atom. The quantitative estimate of drug-likeness (QED) is 0.348. The maximum absolute atomic E-state index is 14.5. The van der Waals surface area contributed by atoms with E-state index >= 15 is 0 Å². The number of hydrogen-bond acceptors (Lipinski definition) is 4. The number of halogens is 1. The molecule has 0 spiro atoms. The molecule has 3 amide bonds. The molecule has 4 aromatic rings. The highest BCUT2D eigenvalue weighted by Crippen LogP contribution is 2.39. The number of fused-ring (bicyclic) bond motifs is 2. The maximum atomic E-state index is 14.5. The number of nitrogens with two attached hydrogens (primary N) is 1. The van der Waals surface area contributed by atoms with Gasteiger partial charge in [-0.3, -0.25) is 14.4 Å². The van der Waals surface area contributed by atoms with Crippen LogP contribution in [0, 0.1) is 12.8 Å². The summed E-state index contributed by atoms with van der Waals surface area (Å²) < 4.78 is 0. The topological polar surface area (TPSA) is 95.7 Å². The van der Waals surface area contributed by atoms with Gasteiger partial charge in [0.1, 0.15) is 5.54 Å². The van der Waals surface area contributed by atoms with Crippen molar-refractivity contribution in [2.75, 3.05) is 23.4 Å². The molecule has 1 aliphatic rings. The third kappa shape index (κ3) is 4.72. The zero-order valence-electron chi connectivity index (χ0n) is 22.6. The molecule has 7 nitrogen and oxygen atoms in total. The zero-order valence-corrected chi connectivity index (χ0v) is 23.4. The minimum absolute atomic E-state index is 0.0530. The molecule has 1 unspecified atom stereocenters. The van der Waals surface area contributed by atoms with E-state index in [4.69, 9.17) is 17.3 Å². The summed E-state index contributed by atoms with van der Waals surface area (Å²) in [7, 11) is 1.60. The van der Waals surface area contributed by atoms with Crippen LogP contribution in [0.2, 0.25) is 5.02 Å². The van der Waals surface area contributed by atoms with Gasteiger partial charge in [0.25, 0.3) is 5.91 Å². The van der Waals surface area contributed by atoms with Gasteiger partial charge in [0.2, 0.25) is 11.8 Å². The van der Waals surface area contributed by atoms with Crippen LogP contribution in [-0.4, -0.2) is 36.9 Å². The van der Waals surface area contributed by atoms with Gasteiger partial charge in [0.15, 0.2) is 0 Å². The molecule has 0 radical (unpaired) electrons. The van der Waals surface area contributed by atoms with Crippen LogP contribution in [0.4, 0.5) is 11.4 Å². The molecule has 1 aliphatic heterocycles. The number of likely N-dealkylation sites (N-methyl/N-ethyl adjacent to an activating group) is 1. The van der Waals surface area contributed by atoms with Crippen LogP contribution >= 0.6 is 11.6 Å². The van der Waals surface area contributed by atoms with Crippen LogP contribution < -0.4 is 20.9 Å². The van der Waals surface area contributed by atoms with E-state index in [1.54, 1.807) is 48.0 Å². The Labute approximate surface area is 238 Å². The van der Waals surface area contributed by atoms with Crippen molar-refractivity contribution >= 4 is 51.5 Å². The van der Waals surface area contributed by atoms with Crippen molar-refractivity contribution in [3.8, 4) is 0 Å². The number of carbonyl (C=O) groups is 3. The van der Waals surface area contributed by atoms with Gasteiger partial charge in [-0.2, -0.15) is 0 Å². The Balaban J connectivity index is 1.71. The van der Waals surface area contributed by atoms with E-state index in [1.165, 1.54) is 0 Å². The first-order valence-corrected chi connectivity index (χ1v) is 13.5.